The number of benzene rings is 1. The average Bonchev–Trinajstić information content (AvgIpc) is 3.37. The van der Waals surface area contributed by atoms with Crippen LogP contribution < -0.4 is 15.4 Å². The molecule has 0 fully saturated rings. The number of amides is 1. The van der Waals surface area contributed by atoms with Crippen LogP contribution in [0.1, 0.15) is 17.0 Å². The monoisotopic (exact) mass is 473 g/mol. The van der Waals surface area contributed by atoms with Crippen LogP contribution in [0.25, 0.3) is 0 Å². The van der Waals surface area contributed by atoms with Gasteiger partial charge in [0, 0.05) is 25.4 Å². The van der Waals surface area contributed by atoms with Crippen molar-refractivity contribution in [3.8, 4) is 0 Å². The van der Waals surface area contributed by atoms with Crippen molar-refractivity contribution in [3.05, 3.63) is 72.8 Å². The number of pyridine rings is 1. The number of hydrogen-bond donors (Lipinski definition) is 3. The van der Waals surface area contributed by atoms with E-state index < -0.39 is 27.9 Å². The number of anilines is 1. The fourth-order valence-corrected chi connectivity index (χ4v) is 3.88. The second-order valence-corrected chi connectivity index (χ2v) is 8.45. The predicted octanol–water partition coefficient (Wildman–Crippen LogP) is 1.19. The summed E-state index contributed by atoms with van der Waals surface area (Å²) >= 11 is 0. The van der Waals surface area contributed by atoms with Gasteiger partial charge in [-0.05, 0) is 30.7 Å². The first-order valence-corrected chi connectivity index (χ1v) is 11.5. The lowest BCUT2D eigenvalue weighted by Gasteiger charge is -2.18. The fourth-order valence-electron chi connectivity index (χ4n) is 2.67. The Labute approximate surface area is 190 Å². The maximum absolute atomic E-state index is 12.7. The molecular formula is C21H23N5O6S. The van der Waals surface area contributed by atoms with Gasteiger partial charge in [-0.3, -0.25) is 9.59 Å². The summed E-state index contributed by atoms with van der Waals surface area (Å²) in [7, 11) is -4.04. The van der Waals surface area contributed by atoms with E-state index in [9.17, 15) is 18.0 Å². The highest BCUT2D eigenvalue weighted by atomic mass is 32.2. The number of carbonyl (C=O) groups excluding carboxylic acids is 2. The molecule has 2 heterocycles. The molecule has 0 aliphatic heterocycles. The molecule has 0 bridgehead atoms. The third kappa shape index (κ3) is 7.40. The maximum Gasteiger partial charge on any atom is 0.326 e. The van der Waals surface area contributed by atoms with E-state index in [0.717, 1.165) is 0 Å². The highest BCUT2D eigenvalue weighted by Crippen LogP contribution is 2.09. The maximum atomic E-state index is 12.7. The van der Waals surface area contributed by atoms with E-state index in [-0.39, 0.29) is 23.8 Å². The number of nitrogens with one attached hydrogen (secondary N) is 3. The van der Waals surface area contributed by atoms with E-state index in [1.54, 1.807) is 36.5 Å². The average molecular weight is 474 g/mol. The van der Waals surface area contributed by atoms with Gasteiger partial charge in [0.05, 0.1) is 17.7 Å². The molecule has 3 aromatic rings. The zero-order valence-corrected chi connectivity index (χ0v) is 18.3. The van der Waals surface area contributed by atoms with Crippen LogP contribution in [0.3, 0.4) is 0 Å². The topological polar surface area (TPSA) is 153 Å². The van der Waals surface area contributed by atoms with Gasteiger partial charge < -0.3 is 19.9 Å². The van der Waals surface area contributed by atoms with Crippen molar-refractivity contribution < 1.29 is 27.3 Å². The van der Waals surface area contributed by atoms with Gasteiger partial charge in [0.1, 0.15) is 11.9 Å². The highest BCUT2D eigenvalue weighted by molar-refractivity contribution is 7.89. The first kappa shape index (κ1) is 23.9. The van der Waals surface area contributed by atoms with Gasteiger partial charge in [-0.25, -0.2) is 13.4 Å². The number of ether oxygens (including phenoxy) is 1. The SMILES string of the molecule is O=C(NCC(NS(=O)(=O)c1ccccc1)C(=O)OCCCNc1ccccn1)c1ccno1. The molecule has 1 amide bonds. The Morgan fingerprint density at radius 1 is 1.03 bits per heavy atom. The summed E-state index contributed by atoms with van der Waals surface area (Å²) in [5, 5.41) is 8.95. The van der Waals surface area contributed by atoms with E-state index in [1.807, 2.05) is 6.07 Å². The second-order valence-electron chi connectivity index (χ2n) is 6.74. The third-order valence-electron chi connectivity index (χ3n) is 4.30. The summed E-state index contributed by atoms with van der Waals surface area (Å²) in [5.41, 5.74) is 0. The summed E-state index contributed by atoms with van der Waals surface area (Å²) in [5.74, 6) is -0.866. The minimum absolute atomic E-state index is 0.0241. The number of rotatable bonds is 12. The molecular weight excluding hydrogens is 450 g/mol. The van der Waals surface area contributed by atoms with Gasteiger partial charge in [-0.15, -0.1) is 0 Å². The van der Waals surface area contributed by atoms with Crippen molar-refractivity contribution >= 4 is 27.7 Å². The normalized spacial score (nSPS) is 12.0. The fraction of sp³-hybridized carbons (Fsp3) is 0.238. The van der Waals surface area contributed by atoms with Crippen molar-refractivity contribution in [2.24, 2.45) is 0 Å². The van der Waals surface area contributed by atoms with E-state index in [1.165, 1.54) is 24.4 Å². The minimum atomic E-state index is -4.04. The Bertz CT molecular complexity index is 1120. The van der Waals surface area contributed by atoms with Crippen molar-refractivity contribution in [2.75, 3.05) is 25.0 Å². The molecule has 0 radical (unpaired) electrons. The number of hydrogen-bond acceptors (Lipinski definition) is 9. The van der Waals surface area contributed by atoms with Crippen LogP contribution in [0.4, 0.5) is 5.82 Å². The first-order chi connectivity index (χ1) is 16.0. The number of carbonyl (C=O) groups is 2. The van der Waals surface area contributed by atoms with E-state index in [4.69, 9.17) is 9.26 Å². The van der Waals surface area contributed by atoms with Gasteiger partial charge in [-0.2, -0.15) is 4.72 Å². The Morgan fingerprint density at radius 2 is 1.82 bits per heavy atom. The van der Waals surface area contributed by atoms with E-state index in [0.29, 0.717) is 18.8 Å². The Hall–Kier alpha value is -3.77. The second kappa shape index (κ2) is 11.7. The standard InChI is InChI=1S/C21H23N5O6S/c27-20(18-10-13-25-32-18)24-15-17(26-33(29,30)16-7-2-1-3-8-16)21(28)31-14-6-12-23-19-9-4-5-11-22-19/h1-5,7-11,13,17,26H,6,12,14-15H2,(H,22,23)(H,24,27). The lowest BCUT2D eigenvalue weighted by Crippen LogP contribution is -2.49. The molecule has 11 nitrogen and oxygen atoms in total. The summed E-state index contributed by atoms with van der Waals surface area (Å²) < 4.78 is 37.6. The molecule has 174 valence electrons. The van der Waals surface area contributed by atoms with Gasteiger partial charge in [0.25, 0.3) is 5.91 Å². The molecule has 0 saturated carbocycles. The van der Waals surface area contributed by atoms with Crippen molar-refractivity contribution in [1.82, 2.24) is 20.2 Å². The zero-order chi connectivity index (χ0) is 23.5. The highest BCUT2D eigenvalue weighted by Gasteiger charge is 2.28. The summed E-state index contributed by atoms with van der Waals surface area (Å²) in [6.07, 6.45) is 3.40. The Morgan fingerprint density at radius 3 is 2.52 bits per heavy atom. The van der Waals surface area contributed by atoms with Crippen molar-refractivity contribution in [1.29, 1.82) is 0 Å². The van der Waals surface area contributed by atoms with Crippen LogP contribution in [0.2, 0.25) is 0 Å². The number of sulfonamides is 1. The molecule has 1 aromatic carbocycles. The van der Waals surface area contributed by atoms with Crippen LogP contribution in [0.5, 0.6) is 0 Å². The smallest absolute Gasteiger partial charge is 0.326 e. The number of esters is 1. The summed E-state index contributed by atoms with van der Waals surface area (Å²) in [4.78, 5) is 28.8. The molecule has 0 saturated heterocycles. The summed E-state index contributed by atoms with van der Waals surface area (Å²) in [6, 6.07) is 13.0. The van der Waals surface area contributed by atoms with Gasteiger partial charge in [-0.1, -0.05) is 29.4 Å². The molecule has 0 aliphatic rings. The minimum Gasteiger partial charge on any atom is -0.464 e. The van der Waals surface area contributed by atoms with Crippen LogP contribution in [0.15, 0.2) is 76.4 Å². The van der Waals surface area contributed by atoms with E-state index >= 15 is 0 Å². The molecule has 1 atom stereocenters. The van der Waals surface area contributed by atoms with Gasteiger partial charge >= 0.3 is 5.97 Å². The largest absolute Gasteiger partial charge is 0.464 e. The van der Waals surface area contributed by atoms with Crippen molar-refractivity contribution in [3.63, 3.8) is 0 Å². The first-order valence-electron chi connectivity index (χ1n) is 10.0. The molecule has 1 unspecified atom stereocenters. The summed E-state index contributed by atoms with van der Waals surface area (Å²) in [6.45, 7) is 0.182. The molecule has 3 N–H and O–H groups in total. The van der Waals surface area contributed by atoms with Crippen LogP contribution in [-0.4, -0.2) is 56.2 Å². The Kier molecular flexibility index (Phi) is 8.49. The third-order valence-corrected chi connectivity index (χ3v) is 5.79. The molecule has 0 aliphatic carbocycles. The van der Waals surface area contributed by atoms with E-state index in [2.05, 4.69) is 25.5 Å². The quantitative estimate of drug-likeness (QED) is 0.260. The van der Waals surface area contributed by atoms with Crippen LogP contribution in [-0.2, 0) is 19.6 Å². The number of nitrogens with zero attached hydrogens (tertiary/aromatic N) is 2. The molecule has 3 rings (SSSR count). The molecule has 33 heavy (non-hydrogen) atoms. The van der Waals surface area contributed by atoms with Crippen LogP contribution >= 0.6 is 0 Å². The number of aromatic nitrogens is 2. The van der Waals surface area contributed by atoms with Gasteiger partial charge in [0.2, 0.25) is 15.8 Å². The van der Waals surface area contributed by atoms with Crippen molar-refractivity contribution in [2.45, 2.75) is 17.4 Å². The zero-order valence-electron chi connectivity index (χ0n) is 17.5. The Balaban J connectivity index is 1.57. The molecule has 12 heteroatoms. The lowest BCUT2D eigenvalue weighted by atomic mass is 10.3. The van der Waals surface area contributed by atoms with Gasteiger partial charge in [0.15, 0.2) is 0 Å². The molecule has 2 aromatic heterocycles. The van der Waals surface area contributed by atoms with Crippen LogP contribution in [0, 0.1) is 0 Å². The molecule has 0 spiro atoms. The lowest BCUT2D eigenvalue weighted by molar-refractivity contribution is -0.145. The predicted molar refractivity (Wildman–Crippen MR) is 118 cm³/mol.